The molecule has 27 heavy (non-hydrogen) atoms. The van der Waals surface area contributed by atoms with E-state index in [1.807, 2.05) is 42.2 Å². The molecule has 1 amide bonds. The molecule has 7 nitrogen and oxygen atoms in total. The summed E-state index contributed by atoms with van der Waals surface area (Å²) < 4.78 is 11.1. The molecule has 0 spiro atoms. The van der Waals surface area contributed by atoms with Gasteiger partial charge in [0.25, 0.3) is 0 Å². The molecule has 4 rings (SSSR count). The molecule has 1 fully saturated rings. The molecule has 140 valence electrons. The molecule has 0 N–H and O–H groups in total. The number of nitrogens with zero attached hydrogens (tertiary/aromatic N) is 4. The molecule has 1 aliphatic rings. The van der Waals surface area contributed by atoms with E-state index in [0.29, 0.717) is 35.6 Å². The SMILES string of the molecule is Cc1noc([C@@H]2CCCCN2C(=O)Cc2nc(-c3ccccc3)oc2C)n1. The predicted molar refractivity (Wildman–Crippen MR) is 97.7 cm³/mol. The van der Waals surface area contributed by atoms with Crippen molar-refractivity contribution in [3.05, 3.63) is 53.5 Å². The summed E-state index contributed by atoms with van der Waals surface area (Å²) in [6.45, 7) is 4.32. The van der Waals surface area contributed by atoms with Crippen LogP contribution < -0.4 is 0 Å². The van der Waals surface area contributed by atoms with Crippen LogP contribution in [0.2, 0.25) is 0 Å². The van der Waals surface area contributed by atoms with Crippen molar-refractivity contribution < 1.29 is 13.7 Å². The van der Waals surface area contributed by atoms with E-state index in [-0.39, 0.29) is 18.4 Å². The van der Waals surface area contributed by atoms with E-state index >= 15 is 0 Å². The Morgan fingerprint density at radius 2 is 2.00 bits per heavy atom. The number of oxazole rings is 1. The van der Waals surface area contributed by atoms with Crippen LogP contribution in [-0.4, -0.2) is 32.5 Å². The first-order valence-electron chi connectivity index (χ1n) is 9.23. The van der Waals surface area contributed by atoms with Gasteiger partial charge in [0.15, 0.2) is 5.82 Å². The first kappa shape index (κ1) is 17.5. The van der Waals surface area contributed by atoms with E-state index in [1.54, 1.807) is 6.92 Å². The van der Waals surface area contributed by atoms with Crippen LogP contribution in [0.15, 0.2) is 39.3 Å². The highest BCUT2D eigenvalue weighted by molar-refractivity contribution is 5.79. The monoisotopic (exact) mass is 366 g/mol. The van der Waals surface area contributed by atoms with Crippen LogP contribution in [0.1, 0.15) is 48.5 Å². The van der Waals surface area contributed by atoms with Gasteiger partial charge in [-0.15, -0.1) is 0 Å². The Labute approximate surface area is 157 Å². The molecule has 0 saturated carbocycles. The van der Waals surface area contributed by atoms with Crippen molar-refractivity contribution in [1.29, 1.82) is 0 Å². The fraction of sp³-hybridized carbons (Fsp3) is 0.400. The lowest BCUT2D eigenvalue weighted by Crippen LogP contribution is -2.39. The number of likely N-dealkylation sites (tertiary alicyclic amines) is 1. The van der Waals surface area contributed by atoms with Gasteiger partial charge in [-0.25, -0.2) is 4.98 Å². The molecule has 1 aliphatic heterocycles. The molecule has 0 aliphatic carbocycles. The number of aromatic nitrogens is 3. The first-order chi connectivity index (χ1) is 13.1. The molecule has 3 heterocycles. The lowest BCUT2D eigenvalue weighted by atomic mass is 10.0. The number of carbonyl (C=O) groups is 1. The van der Waals surface area contributed by atoms with Gasteiger partial charge in [0.2, 0.25) is 17.7 Å². The molecule has 1 saturated heterocycles. The lowest BCUT2D eigenvalue weighted by Gasteiger charge is -2.33. The van der Waals surface area contributed by atoms with Gasteiger partial charge < -0.3 is 13.8 Å². The molecule has 0 radical (unpaired) electrons. The van der Waals surface area contributed by atoms with Gasteiger partial charge in [0, 0.05) is 12.1 Å². The van der Waals surface area contributed by atoms with Crippen molar-refractivity contribution in [3.63, 3.8) is 0 Å². The molecule has 1 aromatic carbocycles. The summed E-state index contributed by atoms with van der Waals surface area (Å²) in [7, 11) is 0. The smallest absolute Gasteiger partial charge is 0.249 e. The Bertz CT molecular complexity index is 932. The third kappa shape index (κ3) is 3.63. The predicted octanol–water partition coefficient (Wildman–Crippen LogP) is 3.64. The maximum Gasteiger partial charge on any atom is 0.249 e. The molecule has 7 heteroatoms. The van der Waals surface area contributed by atoms with Crippen LogP contribution >= 0.6 is 0 Å². The highest BCUT2D eigenvalue weighted by atomic mass is 16.5. The standard InChI is InChI=1S/C20H22N4O3/c1-13-16(22-19(26-13)15-8-4-3-5-9-15)12-18(25)24-11-7-6-10-17(24)20-21-14(2)23-27-20/h3-5,8-9,17H,6-7,10-12H2,1-2H3/t17-/m0/s1. The van der Waals surface area contributed by atoms with Gasteiger partial charge in [0.1, 0.15) is 11.8 Å². The van der Waals surface area contributed by atoms with Gasteiger partial charge in [-0.3, -0.25) is 4.79 Å². The van der Waals surface area contributed by atoms with Crippen LogP contribution in [0.3, 0.4) is 0 Å². The van der Waals surface area contributed by atoms with Gasteiger partial charge in [0.05, 0.1) is 12.1 Å². The number of hydrogen-bond donors (Lipinski definition) is 0. The fourth-order valence-electron chi connectivity index (χ4n) is 3.48. The van der Waals surface area contributed by atoms with Gasteiger partial charge in [-0.2, -0.15) is 4.98 Å². The lowest BCUT2D eigenvalue weighted by molar-refractivity contribution is -0.135. The van der Waals surface area contributed by atoms with Crippen LogP contribution in [0, 0.1) is 13.8 Å². The second-order valence-electron chi connectivity index (χ2n) is 6.84. The highest BCUT2D eigenvalue weighted by Gasteiger charge is 2.32. The summed E-state index contributed by atoms with van der Waals surface area (Å²) in [6.07, 6.45) is 3.05. The largest absolute Gasteiger partial charge is 0.441 e. The maximum absolute atomic E-state index is 13.0. The molecule has 1 atom stereocenters. The summed E-state index contributed by atoms with van der Waals surface area (Å²) in [6, 6.07) is 9.53. The van der Waals surface area contributed by atoms with Crippen molar-refractivity contribution in [2.75, 3.05) is 6.54 Å². The Kier molecular flexibility index (Phi) is 4.75. The quantitative estimate of drug-likeness (QED) is 0.701. The number of benzene rings is 1. The summed E-state index contributed by atoms with van der Waals surface area (Å²) in [4.78, 5) is 23.7. The Balaban J connectivity index is 1.53. The normalized spacial score (nSPS) is 17.3. The van der Waals surface area contributed by atoms with Gasteiger partial charge in [-0.1, -0.05) is 23.4 Å². The summed E-state index contributed by atoms with van der Waals surface area (Å²) >= 11 is 0. The van der Waals surface area contributed by atoms with Crippen LogP contribution in [-0.2, 0) is 11.2 Å². The number of hydrogen-bond acceptors (Lipinski definition) is 6. The summed E-state index contributed by atoms with van der Waals surface area (Å²) in [5, 5.41) is 3.87. The number of carbonyl (C=O) groups excluding carboxylic acids is 1. The number of piperidine rings is 1. The Morgan fingerprint density at radius 1 is 1.19 bits per heavy atom. The third-order valence-electron chi connectivity index (χ3n) is 4.88. The van der Waals surface area contributed by atoms with Gasteiger partial charge >= 0.3 is 0 Å². The third-order valence-corrected chi connectivity index (χ3v) is 4.88. The zero-order valence-electron chi connectivity index (χ0n) is 15.5. The second kappa shape index (κ2) is 7.34. The fourth-order valence-corrected chi connectivity index (χ4v) is 3.48. The van der Waals surface area contributed by atoms with E-state index in [9.17, 15) is 4.79 Å². The van der Waals surface area contributed by atoms with E-state index in [1.165, 1.54) is 0 Å². The minimum Gasteiger partial charge on any atom is -0.441 e. The van der Waals surface area contributed by atoms with Crippen LogP contribution in [0.4, 0.5) is 0 Å². The first-order valence-corrected chi connectivity index (χ1v) is 9.23. The van der Waals surface area contributed by atoms with Gasteiger partial charge in [-0.05, 0) is 45.2 Å². The van der Waals surface area contributed by atoms with Crippen molar-refractivity contribution in [1.82, 2.24) is 20.0 Å². The molecular formula is C20H22N4O3. The second-order valence-corrected chi connectivity index (χ2v) is 6.84. The van der Waals surface area contributed by atoms with Crippen LogP contribution in [0.5, 0.6) is 0 Å². The minimum absolute atomic E-state index is 0.00608. The molecule has 3 aromatic rings. The number of aryl methyl sites for hydroxylation is 2. The van der Waals surface area contributed by atoms with Crippen LogP contribution in [0.25, 0.3) is 11.5 Å². The highest BCUT2D eigenvalue weighted by Crippen LogP contribution is 2.31. The zero-order chi connectivity index (χ0) is 18.8. The maximum atomic E-state index is 13.0. The summed E-state index contributed by atoms with van der Waals surface area (Å²) in [5.74, 6) is 2.32. The average molecular weight is 366 g/mol. The van der Waals surface area contributed by atoms with Crippen molar-refractivity contribution in [3.8, 4) is 11.5 Å². The van der Waals surface area contributed by atoms with Crippen molar-refractivity contribution >= 4 is 5.91 Å². The summed E-state index contributed by atoms with van der Waals surface area (Å²) in [5.41, 5.74) is 1.57. The molecule has 0 unspecified atom stereocenters. The molecule has 2 aromatic heterocycles. The van der Waals surface area contributed by atoms with E-state index < -0.39 is 0 Å². The Morgan fingerprint density at radius 3 is 2.74 bits per heavy atom. The number of amides is 1. The van der Waals surface area contributed by atoms with E-state index in [0.717, 1.165) is 24.8 Å². The number of rotatable bonds is 4. The topological polar surface area (TPSA) is 85.3 Å². The Hall–Kier alpha value is -2.96. The van der Waals surface area contributed by atoms with Crippen molar-refractivity contribution in [2.24, 2.45) is 0 Å². The zero-order valence-corrected chi connectivity index (χ0v) is 15.5. The average Bonchev–Trinajstić information content (AvgIpc) is 3.28. The van der Waals surface area contributed by atoms with E-state index in [2.05, 4.69) is 15.1 Å². The molecular weight excluding hydrogens is 344 g/mol. The minimum atomic E-state index is -0.159. The molecule has 0 bridgehead atoms. The van der Waals surface area contributed by atoms with Crippen molar-refractivity contribution in [2.45, 2.75) is 45.6 Å². The van der Waals surface area contributed by atoms with E-state index in [4.69, 9.17) is 8.94 Å².